The molecule has 0 aromatic carbocycles. The first-order chi connectivity index (χ1) is 5.81. The smallest absolute Gasteiger partial charge is 0 e. The summed E-state index contributed by atoms with van der Waals surface area (Å²) in [6.45, 7) is 3.92. The topological polar surface area (TPSA) is 64.9 Å². The molecule has 0 atom stereocenters. The molecule has 23 heteroatoms. The number of rotatable bonds is 8. The van der Waals surface area contributed by atoms with Crippen molar-refractivity contribution in [3.8, 4) is 0 Å². The van der Waals surface area contributed by atoms with Crippen LogP contribution in [0.25, 0.3) is 16.8 Å². The molecule has 0 aromatic rings. The van der Waals surface area contributed by atoms with E-state index in [-0.39, 0.29) is 621 Å². The van der Waals surface area contributed by atoms with Crippen LogP contribution in [-0.4, -0.2) is 51.2 Å². The fourth-order valence-corrected chi connectivity index (χ4v) is 0.822. The number of nitrogens with one attached hydrogen (secondary N) is 2. The van der Waals surface area contributed by atoms with Crippen molar-refractivity contribution in [1.29, 1.82) is 0 Å². The molecule has 0 spiro atoms. The zero-order chi connectivity index (χ0) is 9.23. The fraction of sp³-hybridized carbons (Fsp3) is 0.875. The van der Waals surface area contributed by atoms with Crippen LogP contribution in [0.4, 0.5) is 0 Å². The summed E-state index contributed by atoms with van der Waals surface area (Å²) in [6, 6.07) is 0. The van der Waals surface area contributed by atoms with Gasteiger partial charge >= 0.3 is 0 Å². The van der Waals surface area contributed by atoms with Gasteiger partial charge in [0.05, 0.1) is 0 Å². The van der Waals surface area contributed by atoms with Crippen molar-refractivity contribution in [1.82, 2.24) is 4.90 Å². The van der Waals surface area contributed by atoms with E-state index in [1.54, 1.807) is 0 Å². The monoisotopic (exact) mass is 1860 g/mol. The molecule has 0 unspecified atom stereocenters. The van der Waals surface area contributed by atoms with E-state index in [0.29, 0.717) is 19.6 Å². The molecule has 4 nitrogen and oxygen atoms in total. The second kappa shape index (κ2) is 125. The predicted molar refractivity (Wildman–Crippen MR) is 53.3 cm³/mol. The molecule has 0 aromatic heterocycles. The Morgan fingerprint density at radius 2 is 0.839 bits per heavy atom. The Hall–Kier alpha value is 20.8. The van der Waals surface area contributed by atoms with E-state index in [9.17, 15) is 0 Å². The standard InChI is InChI=1S/C8H18N4.19Y/c1-12(8-4-10)7-2-5-11-6-3-9;;;;;;;;;;;;;;;;;;;/h2,9-10H,3-8H2,1H3;;;;;;;;;;;;;;;;;;;/q-4;;;;;;;;;;;;;;;;;;;. The van der Waals surface area contributed by atoms with Crippen LogP contribution < -0.4 is 0 Å². The number of nitrogens with zero attached hydrogens (tertiary/aromatic N) is 2. The normalized spacial score (nSPS) is 4.26. The van der Waals surface area contributed by atoms with Gasteiger partial charge in [-0.2, -0.15) is 13.1 Å². The maximum Gasteiger partial charge on any atom is 0 e. The van der Waals surface area contributed by atoms with E-state index in [4.69, 9.17) is 11.5 Å². The van der Waals surface area contributed by atoms with E-state index in [0.717, 1.165) is 19.6 Å². The first-order valence-corrected chi connectivity index (χ1v) is 4.24. The van der Waals surface area contributed by atoms with Crippen molar-refractivity contribution in [2.45, 2.75) is 0 Å². The Labute approximate surface area is 672 Å². The summed E-state index contributed by atoms with van der Waals surface area (Å²) in [4.78, 5) is 2.09. The minimum atomic E-state index is 0. The summed E-state index contributed by atoms with van der Waals surface area (Å²) in [5.41, 5.74) is 13.8. The van der Waals surface area contributed by atoms with Crippen molar-refractivity contribution in [2.24, 2.45) is 0 Å². The van der Waals surface area contributed by atoms with Gasteiger partial charge in [-0.15, -0.1) is 13.1 Å². The third kappa shape index (κ3) is 128. The van der Waals surface area contributed by atoms with Crippen molar-refractivity contribution < 1.29 is 621 Å². The second-order valence-electron chi connectivity index (χ2n) is 2.68. The average Bonchev–Trinajstić information content (AvgIpc) is 2.05. The van der Waals surface area contributed by atoms with E-state index < -0.39 is 0 Å². The molecular weight excluding hydrogens is 1840 g/mol. The molecular formula is C8H18N4Y19-4. The van der Waals surface area contributed by atoms with Crippen LogP contribution in [0.3, 0.4) is 0 Å². The van der Waals surface area contributed by atoms with E-state index in [1.807, 2.05) is 7.05 Å². The van der Waals surface area contributed by atoms with Crippen LogP contribution in [-0.2, 0) is 621 Å². The minimum Gasteiger partial charge on any atom is -0.690 e. The summed E-state index contributed by atoms with van der Waals surface area (Å²) >= 11 is 0. The van der Waals surface area contributed by atoms with Crippen molar-refractivity contribution in [3.05, 3.63) is 23.2 Å². The first-order valence-electron chi connectivity index (χ1n) is 4.24. The SMILES string of the molecule is CN(C[CH-]C[N-]CC[NH-])CC[NH-].[Y].[Y].[Y].[Y].[Y].[Y].[Y].[Y].[Y].[Y].[Y].[Y].[Y].[Y].[Y].[Y].[Y].[Y].[Y]. The van der Waals surface area contributed by atoms with Crippen LogP contribution in [0.5, 0.6) is 0 Å². The second-order valence-corrected chi connectivity index (χ2v) is 2.68. The molecule has 2 N–H and O–H groups in total. The van der Waals surface area contributed by atoms with Gasteiger partial charge in [0, 0.05) is 621 Å². The van der Waals surface area contributed by atoms with Crippen LogP contribution >= 0.6 is 0 Å². The van der Waals surface area contributed by atoms with Gasteiger partial charge < -0.3 is 28.1 Å². The molecule has 0 aliphatic rings. The van der Waals surface area contributed by atoms with Gasteiger partial charge in [-0.25, -0.2) is 0 Å². The third-order valence-electron chi connectivity index (χ3n) is 1.46. The summed E-state index contributed by atoms with van der Waals surface area (Å²) in [5, 5.41) is 4.11. The summed E-state index contributed by atoms with van der Waals surface area (Å²) in [6.07, 6.45) is 2.07. The van der Waals surface area contributed by atoms with Gasteiger partial charge in [-0.1, -0.05) is 0 Å². The quantitative estimate of drug-likeness (QED) is 0.269. The van der Waals surface area contributed by atoms with E-state index in [1.165, 1.54) is 0 Å². The molecule has 0 saturated heterocycles. The molecule has 0 bridgehead atoms. The maximum absolute atomic E-state index is 6.98. The van der Waals surface area contributed by atoms with Gasteiger partial charge in [-0.3, -0.25) is 6.54 Å². The molecule has 0 saturated carbocycles. The Morgan fingerprint density at radius 3 is 1.06 bits per heavy atom. The average molecular weight is 1860 g/mol. The molecule has 131 valence electrons. The van der Waals surface area contributed by atoms with Crippen LogP contribution in [0.2, 0.25) is 0 Å². The number of likely N-dealkylation sites (N-methyl/N-ethyl adjacent to an activating group) is 1. The zero-order valence-corrected chi connectivity index (χ0v) is 72.6. The van der Waals surface area contributed by atoms with Gasteiger partial charge in [-0.05, 0) is 13.6 Å². The number of hydrogen-bond acceptors (Lipinski definition) is 1. The minimum absolute atomic E-state index is 0. The molecule has 0 rings (SSSR count). The largest absolute Gasteiger partial charge is 0.690 e. The Morgan fingerprint density at radius 1 is 0.548 bits per heavy atom. The van der Waals surface area contributed by atoms with Gasteiger partial charge in [0.25, 0.3) is 0 Å². The van der Waals surface area contributed by atoms with Gasteiger partial charge in [0.1, 0.15) is 0 Å². The molecule has 0 amide bonds. The van der Waals surface area contributed by atoms with E-state index >= 15 is 0 Å². The predicted octanol–water partition coefficient (Wildman–Crippen LogP) is 1.55. The third-order valence-corrected chi connectivity index (χ3v) is 1.46. The summed E-state index contributed by atoms with van der Waals surface area (Å²) in [7, 11) is 2.00. The molecule has 0 aliphatic carbocycles. The zero-order valence-electron chi connectivity index (χ0n) is 18.7. The van der Waals surface area contributed by atoms with Crippen LogP contribution in [0, 0.1) is 6.42 Å². The molecule has 31 heavy (non-hydrogen) atoms. The first kappa shape index (κ1) is 132. The Balaban J connectivity index is -0.00000000354. The fourth-order valence-electron chi connectivity index (χ4n) is 0.822. The molecule has 19 radical (unpaired) electrons. The van der Waals surface area contributed by atoms with Crippen LogP contribution in [0.15, 0.2) is 0 Å². The van der Waals surface area contributed by atoms with Crippen LogP contribution in [0.1, 0.15) is 0 Å². The van der Waals surface area contributed by atoms with Crippen molar-refractivity contribution in [3.63, 3.8) is 0 Å². The van der Waals surface area contributed by atoms with Crippen molar-refractivity contribution >= 4 is 0 Å². The van der Waals surface area contributed by atoms with Gasteiger partial charge in [0.2, 0.25) is 0 Å². The maximum atomic E-state index is 6.98. The van der Waals surface area contributed by atoms with Gasteiger partial charge in [0.15, 0.2) is 0 Å². The Bertz CT molecular complexity index is 117. The molecule has 0 fully saturated rings. The summed E-state index contributed by atoms with van der Waals surface area (Å²) in [5.74, 6) is 0. The molecule has 0 aliphatic heterocycles. The summed E-state index contributed by atoms with van der Waals surface area (Å²) < 4.78 is 0. The van der Waals surface area contributed by atoms with E-state index in [2.05, 4.69) is 16.6 Å². The van der Waals surface area contributed by atoms with Crippen molar-refractivity contribution in [2.75, 3.05) is 46.3 Å². The Kier molecular flexibility index (Phi) is 531. The number of hydrogen-bond donors (Lipinski definition) is 0. The molecule has 0 heterocycles.